The van der Waals surface area contributed by atoms with Crippen LogP contribution in [-0.4, -0.2) is 31.1 Å². The third-order valence-electron chi connectivity index (χ3n) is 4.08. The van der Waals surface area contributed by atoms with Crippen LogP contribution in [0.2, 0.25) is 0 Å². The number of benzene rings is 1. The fourth-order valence-corrected chi connectivity index (χ4v) is 2.40. The predicted octanol–water partition coefficient (Wildman–Crippen LogP) is 3.30. The lowest BCUT2D eigenvalue weighted by Crippen LogP contribution is -2.41. The third kappa shape index (κ3) is 3.50. The van der Waals surface area contributed by atoms with Gasteiger partial charge in [0.2, 0.25) is 0 Å². The molecule has 0 spiro atoms. The van der Waals surface area contributed by atoms with Crippen molar-refractivity contribution in [1.82, 2.24) is 10.2 Å². The molecule has 4 heteroatoms. The van der Waals surface area contributed by atoms with E-state index >= 15 is 0 Å². The molecule has 2 rings (SSSR count). The van der Waals surface area contributed by atoms with Gasteiger partial charge >= 0.3 is 6.03 Å². The van der Waals surface area contributed by atoms with Gasteiger partial charge in [0.25, 0.3) is 0 Å². The lowest BCUT2D eigenvalue weighted by atomic mass is 9.96. The average molecular weight is 278 g/mol. The van der Waals surface area contributed by atoms with E-state index < -0.39 is 0 Å². The molecule has 2 amide bonds. The van der Waals surface area contributed by atoms with Gasteiger partial charge in [-0.2, -0.15) is 0 Å². The van der Waals surface area contributed by atoms with Crippen molar-refractivity contribution in [3.8, 4) is 0 Å². The van der Waals surface area contributed by atoms with E-state index in [2.05, 4.69) is 12.2 Å². The Hall–Kier alpha value is -1.58. The highest BCUT2D eigenvalue weighted by Crippen LogP contribution is 2.47. The molecule has 0 atom stereocenters. The van der Waals surface area contributed by atoms with Crippen molar-refractivity contribution in [3.05, 3.63) is 35.6 Å². The van der Waals surface area contributed by atoms with Crippen LogP contribution in [0.3, 0.4) is 0 Å². The van der Waals surface area contributed by atoms with Crippen molar-refractivity contribution in [2.24, 2.45) is 0 Å². The predicted molar refractivity (Wildman–Crippen MR) is 78.2 cm³/mol. The Bertz CT molecular complexity index is 454. The van der Waals surface area contributed by atoms with E-state index in [1.165, 1.54) is 12.1 Å². The minimum Gasteiger partial charge on any atom is -0.337 e. The van der Waals surface area contributed by atoms with E-state index in [9.17, 15) is 9.18 Å². The molecular formula is C16H23FN2O. The number of carbonyl (C=O) groups excluding carboxylic acids is 1. The summed E-state index contributed by atoms with van der Waals surface area (Å²) in [5.74, 6) is -0.215. The maximum Gasteiger partial charge on any atom is 0.317 e. The van der Waals surface area contributed by atoms with Gasteiger partial charge in [0, 0.05) is 25.6 Å². The van der Waals surface area contributed by atoms with E-state index in [1.54, 1.807) is 4.90 Å². The molecule has 1 aliphatic carbocycles. The normalized spacial score (nSPS) is 15.8. The van der Waals surface area contributed by atoms with Gasteiger partial charge in [0.05, 0.1) is 0 Å². The third-order valence-corrected chi connectivity index (χ3v) is 4.08. The van der Waals surface area contributed by atoms with Crippen LogP contribution in [0.4, 0.5) is 9.18 Å². The largest absolute Gasteiger partial charge is 0.337 e. The first-order chi connectivity index (χ1) is 9.57. The van der Waals surface area contributed by atoms with Crippen molar-refractivity contribution < 1.29 is 9.18 Å². The first-order valence-corrected chi connectivity index (χ1v) is 7.32. The van der Waals surface area contributed by atoms with Crippen LogP contribution in [-0.2, 0) is 5.41 Å². The van der Waals surface area contributed by atoms with Gasteiger partial charge < -0.3 is 10.2 Å². The fourth-order valence-electron chi connectivity index (χ4n) is 2.40. The molecule has 1 aliphatic rings. The first-order valence-electron chi connectivity index (χ1n) is 7.32. The molecule has 1 saturated carbocycles. The van der Waals surface area contributed by atoms with Crippen molar-refractivity contribution in [2.45, 2.75) is 38.0 Å². The summed E-state index contributed by atoms with van der Waals surface area (Å²) in [6.07, 6.45) is 4.21. The molecule has 1 fully saturated rings. The van der Waals surface area contributed by atoms with Crippen molar-refractivity contribution in [3.63, 3.8) is 0 Å². The number of urea groups is 1. The van der Waals surface area contributed by atoms with E-state index in [0.29, 0.717) is 6.54 Å². The summed E-state index contributed by atoms with van der Waals surface area (Å²) in [5, 5.41) is 3.00. The van der Waals surface area contributed by atoms with E-state index in [-0.39, 0.29) is 17.3 Å². The highest BCUT2D eigenvalue weighted by atomic mass is 19.1. The maximum absolute atomic E-state index is 13.0. The maximum atomic E-state index is 13.0. The molecule has 0 unspecified atom stereocenters. The minimum absolute atomic E-state index is 0.0214. The Morgan fingerprint density at radius 1 is 1.35 bits per heavy atom. The zero-order valence-electron chi connectivity index (χ0n) is 12.3. The zero-order chi connectivity index (χ0) is 14.6. The second-order valence-corrected chi connectivity index (χ2v) is 5.72. The number of rotatable bonds is 6. The molecule has 110 valence electrons. The quantitative estimate of drug-likeness (QED) is 0.850. The first kappa shape index (κ1) is 14.8. The zero-order valence-corrected chi connectivity index (χ0v) is 12.3. The van der Waals surface area contributed by atoms with E-state index in [1.807, 2.05) is 19.2 Å². The number of hydrogen-bond donors (Lipinski definition) is 1. The van der Waals surface area contributed by atoms with Crippen molar-refractivity contribution in [2.75, 3.05) is 20.1 Å². The Labute approximate surface area is 120 Å². The van der Waals surface area contributed by atoms with Gasteiger partial charge in [0.1, 0.15) is 5.82 Å². The minimum atomic E-state index is -0.215. The Kier molecular flexibility index (Phi) is 4.63. The SMILES string of the molecule is CCCCN(C)C(=O)NCC1(c2ccc(F)cc2)CC1. The summed E-state index contributed by atoms with van der Waals surface area (Å²) in [7, 11) is 1.82. The summed E-state index contributed by atoms with van der Waals surface area (Å²) in [4.78, 5) is 13.7. The van der Waals surface area contributed by atoms with Gasteiger partial charge in [-0.3, -0.25) is 0 Å². The molecule has 1 N–H and O–H groups in total. The molecule has 0 saturated heterocycles. The fraction of sp³-hybridized carbons (Fsp3) is 0.562. The molecule has 0 heterocycles. The van der Waals surface area contributed by atoms with Crippen LogP contribution in [0.5, 0.6) is 0 Å². The Morgan fingerprint density at radius 3 is 2.55 bits per heavy atom. The van der Waals surface area contributed by atoms with Crippen molar-refractivity contribution >= 4 is 6.03 Å². The van der Waals surface area contributed by atoms with Crippen LogP contribution in [0.1, 0.15) is 38.2 Å². The lowest BCUT2D eigenvalue weighted by molar-refractivity contribution is 0.207. The van der Waals surface area contributed by atoms with E-state index in [4.69, 9.17) is 0 Å². The number of halogens is 1. The molecule has 0 aliphatic heterocycles. The highest BCUT2D eigenvalue weighted by Gasteiger charge is 2.44. The van der Waals surface area contributed by atoms with Crippen LogP contribution in [0.25, 0.3) is 0 Å². The van der Waals surface area contributed by atoms with Gasteiger partial charge in [-0.15, -0.1) is 0 Å². The smallest absolute Gasteiger partial charge is 0.317 e. The second kappa shape index (κ2) is 6.25. The highest BCUT2D eigenvalue weighted by molar-refractivity contribution is 5.74. The van der Waals surface area contributed by atoms with Crippen molar-refractivity contribution in [1.29, 1.82) is 0 Å². The summed E-state index contributed by atoms with van der Waals surface area (Å²) in [6.45, 7) is 3.53. The van der Waals surface area contributed by atoms with Crippen LogP contribution in [0.15, 0.2) is 24.3 Å². The second-order valence-electron chi connectivity index (χ2n) is 5.72. The van der Waals surface area contributed by atoms with Gasteiger partial charge in [0.15, 0.2) is 0 Å². The molecule has 0 radical (unpaired) electrons. The van der Waals surface area contributed by atoms with Crippen LogP contribution < -0.4 is 5.32 Å². The number of carbonyl (C=O) groups is 1. The van der Waals surface area contributed by atoms with Gasteiger partial charge in [-0.05, 0) is 37.0 Å². The van der Waals surface area contributed by atoms with Crippen LogP contribution >= 0.6 is 0 Å². The standard InChI is InChI=1S/C16H23FN2O/c1-3-4-11-19(2)15(20)18-12-16(9-10-16)13-5-7-14(17)8-6-13/h5-8H,3-4,9-12H2,1-2H3,(H,18,20). The van der Waals surface area contributed by atoms with E-state index in [0.717, 1.165) is 37.8 Å². The molecular weight excluding hydrogens is 255 g/mol. The topological polar surface area (TPSA) is 32.3 Å². The molecule has 3 nitrogen and oxygen atoms in total. The summed E-state index contributed by atoms with van der Waals surface area (Å²) in [5.41, 5.74) is 1.14. The Morgan fingerprint density at radius 2 is 2.00 bits per heavy atom. The molecule has 0 bridgehead atoms. The molecule has 0 aromatic heterocycles. The number of nitrogens with one attached hydrogen (secondary N) is 1. The molecule has 20 heavy (non-hydrogen) atoms. The number of amides is 2. The average Bonchev–Trinajstić information content (AvgIpc) is 3.24. The van der Waals surface area contributed by atoms with Gasteiger partial charge in [-0.25, -0.2) is 9.18 Å². The Balaban J connectivity index is 1.87. The number of nitrogens with zero attached hydrogens (tertiary/aromatic N) is 1. The monoisotopic (exact) mass is 278 g/mol. The summed E-state index contributed by atoms with van der Waals surface area (Å²) >= 11 is 0. The molecule has 1 aromatic rings. The summed E-state index contributed by atoms with van der Waals surface area (Å²) < 4.78 is 13.0. The molecule has 1 aromatic carbocycles. The summed E-state index contributed by atoms with van der Waals surface area (Å²) in [6, 6.07) is 6.62. The van der Waals surface area contributed by atoms with Crippen LogP contribution in [0, 0.1) is 5.82 Å². The van der Waals surface area contributed by atoms with Gasteiger partial charge in [-0.1, -0.05) is 25.5 Å². The number of unbranched alkanes of at least 4 members (excludes halogenated alkanes) is 1. The number of hydrogen-bond acceptors (Lipinski definition) is 1. The lowest BCUT2D eigenvalue weighted by Gasteiger charge is -2.21.